The smallest absolute Gasteiger partial charge is 0.377 e. The van der Waals surface area contributed by atoms with Gasteiger partial charge in [-0.15, -0.1) is 13.2 Å². The fourth-order valence-electron chi connectivity index (χ4n) is 3.02. The van der Waals surface area contributed by atoms with Crippen LogP contribution in [0.15, 0.2) is 24.3 Å². The molecule has 30 heavy (non-hydrogen) atoms. The predicted molar refractivity (Wildman–Crippen MR) is 125 cm³/mol. The summed E-state index contributed by atoms with van der Waals surface area (Å²) in [5, 5.41) is 3.12. The maximum Gasteiger partial charge on any atom is 0.522 e. The number of alkyl halides is 3. The van der Waals surface area contributed by atoms with Crippen LogP contribution in [0.3, 0.4) is 0 Å². The Bertz CT molecular complexity index is 596. The summed E-state index contributed by atoms with van der Waals surface area (Å²) in [7, 11) is 0.569. The quantitative estimate of drug-likeness (QED) is 0.440. The van der Waals surface area contributed by atoms with Crippen LogP contribution < -0.4 is 10.4 Å². The summed E-state index contributed by atoms with van der Waals surface area (Å²) < 4.78 is 51.2. The fourth-order valence-corrected chi connectivity index (χ4v) is 9.00. The average molecular weight is 485 g/mol. The second kappa shape index (κ2) is 12.5. The Balaban J connectivity index is 0.00000122. The van der Waals surface area contributed by atoms with E-state index in [1.807, 2.05) is 0 Å². The molecule has 176 valence electrons. The van der Waals surface area contributed by atoms with Crippen LogP contribution in [-0.2, 0) is 18.0 Å². The molecular formula is C20H39F3O4Si3. The van der Waals surface area contributed by atoms with Crippen LogP contribution in [-0.4, -0.2) is 59.8 Å². The number of methoxy groups -OCH3 is 1. The topological polar surface area (TPSA) is 36.9 Å². The fraction of sp³-hybridized carbons (Fsp3) is 0.700. The van der Waals surface area contributed by atoms with Gasteiger partial charge in [-0.2, -0.15) is 0 Å². The molecule has 0 N–H and O–H groups in total. The molecule has 10 heteroatoms. The van der Waals surface area contributed by atoms with E-state index in [4.69, 9.17) is 13.3 Å². The Morgan fingerprint density at radius 2 is 1.10 bits per heavy atom. The zero-order valence-corrected chi connectivity index (χ0v) is 22.9. The van der Waals surface area contributed by atoms with Gasteiger partial charge in [-0.05, 0) is 0 Å². The number of ether oxygens (including phenoxy) is 1. The van der Waals surface area contributed by atoms with Crippen molar-refractivity contribution in [2.75, 3.05) is 28.4 Å². The Labute approximate surface area is 183 Å². The molecule has 4 nitrogen and oxygen atoms in total. The van der Waals surface area contributed by atoms with E-state index >= 15 is 0 Å². The van der Waals surface area contributed by atoms with Gasteiger partial charge in [0, 0.05) is 34.5 Å². The monoisotopic (exact) mass is 484 g/mol. The Morgan fingerprint density at radius 1 is 0.733 bits per heavy atom. The minimum atomic E-state index is -4.46. The molecule has 0 aliphatic carbocycles. The van der Waals surface area contributed by atoms with Crippen molar-refractivity contribution >= 4 is 35.3 Å². The summed E-state index contributed by atoms with van der Waals surface area (Å²) in [5.74, 6) is 0. The van der Waals surface area contributed by atoms with Gasteiger partial charge >= 0.3 is 15.2 Å². The highest BCUT2D eigenvalue weighted by molar-refractivity contribution is 6.91. The minimum Gasteiger partial charge on any atom is -0.377 e. The molecule has 1 rings (SSSR count). The number of benzene rings is 1. The molecule has 0 heterocycles. The van der Waals surface area contributed by atoms with Gasteiger partial charge in [0.15, 0.2) is 0 Å². The molecule has 0 saturated carbocycles. The highest BCUT2D eigenvalue weighted by Crippen LogP contribution is 2.21. The number of rotatable bonds is 10. The van der Waals surface area contributed by atoms with Gasteiger partial charge in [-0.25, -0.2) is 0 Å². The van der Waals surface area contributed by atoms with E-state index in [0.29, 0.717) is 7.11 Å². The Morgan fingerprint density at radius 3 is 1.40 bits per heavy atom. The summed E-state index contributed by atoms with van der Waals surface area (Å²) in [5.41, 5.74) is 0. The van der Waals surface area contributed by atoms with E-state index in [-0.39, 0.29) is 0 Å². The molecule has 0 aliphatic rings. The van der Waals surface area contributed by atoms with Crippen molar-refractivity contribution in [2.24, 2.45) is 0 Å². The minimum absolute atomic E-state index is 0.583. The number of hydrogen-bond donors (Lipinski definition) is 0. The standard InChI is InChI=1S/C18H36O3Si3.C2H3F3O/c1-9-22(5,6)17-11-13-18(14-12-17)23(7,8)15-10-16-24(19-2,20-3)21-4;1-6-2(3,4)5/h11-14H,9-10,15-16H2,1-8H3;1H3. The molecule has 0 atom stereocenters. The lowest BCUT2D eigenvalue weighted by Gasteiger charge is -2.28. The molecule has 0 fully saturated rings. The van der Waals surface area contributed by atoms with Crippen LogP contribution in [0.4, 0.5) is 13.2 Å². The molecule has 0 bridgehead atoms. The van der Waals surface area contributed by atoms with Crippen LogP contribution in [0, 0.1) is 0 Å². The van der Waals surface area contributed by atoms with E-state index in [0.717, 1.165) is 12.5 Å². The maximum atomic E-state index is 10.6. The lowest BCUT2D eigenvalue weighted by atomic mass is 10.4. The predicted octanol–water partition coefficient (Wildman–Crippen LogP) is 4.96. The summed E-state index contributed by atoms with van der Waals surface area (Å²) in [6.45, 7) is 12.1. The third kappa shape index (κ3) is 9.75. The van der Waals surface area contributed by atoms with Gasteiger partial charge in [0.2, 0.25) is 0 Å². The van der Waals surface area contributed by atoms with Crippen LogP contribution in [0.1, 0.15) is 13.3 Å². The zero-order chi connectivity index (χ0) is 23.6. The summed E-state index contributed by atoms with van der Waals surface area (Å²) >= 11 is 0. The first-order chi connectivity index (χ1) is 13.7. The SMILES string of the molecule is CC[Si](C)(C)c1ccc([Si](C)(C)CCC[Si](OC)(OC)OC)cc1.COC(F)(F)F. The van der Waals surface area contributed by atoms with Crippen LogP contribution in [0.5, 0.6) is 0 Å². The van der Waals surface area contributed by atoms with Crippen LogP contribution >= 0.6 is 0 Å². The van der Waals surface area contributed by atoms with E-state index in [2.05, 4.69) is 62.1 Å². The number of hydrogen-bond acceptors (Lipinski definition) is 4. The van der Waals surface area contributed by atoms with Gasteiger partial charge in [0.25, 0.3) is 0 Å². The van der Waals surface area contributed by atoms with Gasteiger partial charge in [0.1, 0.15) is 0 Å². The van der Waals surface area contributed by atoms with Crippen molar-refractivity contribution in [3.05, 3.63) is 24.3 Å². The molecule has 0 radical (unpaired) electrons. The van der Waals surface area contributed by atoms with Crippen LogP contribution in [0.2, 0.25) is 44.3 Å². The largest absolute Gasteiger partial charge is 0.522 e. The van der Waals surface area contributed by atoms with Crippen molar-refractivity contribution in [3.8, 4) is 0 Å². The second-order valence-electron chi connectivity index (χ2n) is 8.50. The van der Waals surface area contributed by atoms with Crippen molar-refractivity contribution in [1.82, 2.24) is 0 Å². The van der Waals surface area contributed by atoms with E-state index in [1.165, 1.54) is 12.1 Å². The third-order valence-electron chi connectivity index (χ3n) is 5.78. The van der Waals surface area contributed by atoms with Crippen molar-refractivity contribution in [2.45, 2.75) is 64.0 Å². The molecule has 0 spiro atoms. The third-order valence-corrected chi connectivity index (χ3v) is 15.8. The molecule has 0 saturated heterocycles. The molecular weight excluding hydrogens is 445 g/mol. The van der Waals surface area contributed by atoms with Crippen molar-refractivity contribution in [1.29, 1.82) is 0 Å². The molecule has 0 aromatic heterocycles. The van der Waals surface area contributed by atoms with Gasteiger partial charge in [-0.3, -0.25) is 4.74 Å². The second-order valence-corrected chi connectivity index (χ2v) is 21.5. The van der Waals surface area contributed by atoms with E-state index in [9.17, 15) is 13.2 Å². The summed E-state index contributed by atoms with van der Waals surface area (Å²) in [6.07, 6.45) is -3.36. The van der Waals surface area contributed by atoms with Gasteiger partial charge in [0.05, 0.1) is 16.1 Å². The molecule has 0 unspecified atom stereocenters. The van der Waals surface area contributed by atoms with E-state index < -0.39 is 31.3 Å². The summed E-state index contributed by atoms with van der Waals surface area (Å²) in [4.78, 5) is 0. The lowest BCUT2D eigenvalue weighted by Crippen LogP contribution is -2.46. The Kier molecular flexibility index (Phi) is 12.3. The van der Waals surface area contributed by atoms with E-state index in [1.54, 1.807) is 31.7 Å². The zero-order valence-electron chi connectivity index (χ0n) is 19.9. The van der Waals surface area contributed by atoms with Crippen LogP contribution in [0.25, 0.3) is 0 Å². The summed E-state index contributed by atoms with van der Waals surface area (Å²) in [6, 6.07) is 13.0. The molecule has 0 amide bonds. The first kappa shape index (κ1) is 29.5. The first-order valence-corrected chi connectivity index (χ1v) is 18.5. The highest BCUT2D eigenvalue weighted by atomic mass is 28.4. The van der Waals surface area contributed by atoms with Crippen molar-refractivity contribution < 1.29 is 31.2 Å². The highest BCUT2D eigenvalue weighted by Gasteiger charge is 2.38. The van der Waals surface area contributed by atoms with Gasteiger partial charge in [-0.1, -0.05) is 86.3 Å². The van der Waals surface area contributed by atoms with Crippen molar-refractivity contribution in [3.63, 3.8) is 0 Å². The molecule has 1 aromatic carbocycles. The Hall–Kier alpha value is -0.499. The molecule has 0 aliphatic heterocycles. The average Bonchev–Trinajstić information content (AvgIpc) is 2.71. The molecule has 1 aromatic rings. The maximum absolute atomic E-state index is 10.6. The lowest BCUT2D eigenvalue weighted by molar-refractivity contribution is -0.311. The first-order valence-electron chi connectivity index (χ1n) is 10.1. The normalized spacial score (nSPS) is 13.1. The van der Waals surface area contributed by atoms with Gasteiger partial charge < -0.3 is 13.3 Å². The number of halogens is 3.